The molecule has 0 unspecified atom stereocenters. The monoisotopic (exact) mass is 387 g/mol. The van der Waals surface area contributed by atoms with Crippen molar-refractivity contribution < 1.29 is 14.3 Å². The molecule has 8 heteroatoms. The van der Waals surface area contributed by atoms with Gasteiger partial charge >= 0.3 is 6.09 Å². The molecule has 152 valence electrons. The zero-order chi connectivity index (χ0) is 20.5. The Morgan fingerprint density at radius 1 is 1.36 bits per heavy atom. The van der Waals surface area contributed by atoms with Crippen molar-refractivity contribution in [3.8, 4) is 0 Å². The maximum Gasteiger partial charge on any atom is 0.410 e. The van der Waals surface area contributed by atoms with Crippen LogP contribution in [0.3, 0.4) is 0 Å². The fourth-order valence-electron chi connectivity index (χ4n) is 3.57. The van der Waals surface area contributed by atoms with Gasteiger partial charge in [-0.15, -0.1) is 0 Å². The predicted octanol–water partition coefficient (Wildman–Crippen LogP) is 3.12. The molecule has 0 saturated carbocycles. The van der Waals surface area contributed by atoms with Crippen LogP contribution in [-0.4, -0.2) is 58.1 Å². The van der Waals surface area contributed by atoms with Crippen molar-refractivity contribution in [2.45, 2.75) is 58.2 Å². The molecule has 8 nitrogen and oxygen atoms in total. The van der Waals surface area contributed by atoms with E-state index in [1.807, 2.05) is 40.0 Å². The van der Waals surface area contributed by atoms with Crippen LogP contribution in [0.15, 0.2) is 18.5 Å². The van der Waals surface area contributed by atoms with Crippen LogP contribution in [0.1, 0.15) is 50.9 Å². The summed E-state index contributed by atoms with van der Waals surface area (Å²) in [6.07, 6.45) is 4.65. The van der Waals surface area contributed by atoms with Crippen molar-refractivity contribution in [2.75, 3.05) is 18.9 Å². The van der Waals surface area contributed by atoms with E-state index in [4.69, 9.17) is 4.74 Å². The first-order valence-corrected chi connectivity index (χ1v) is 9.64. The first-order valence-electron chi connectivity index (χ1n) is 9.64. The minimum Gasteiger partial charge on any atom is -0.444 e. The summed E-state index contributed by atoms with van der Waals surface area (Å²) < 4.78 is 5.51. The van der Waals surface area contributed by atoms with Gasteiger partial charge in [-0.1, -0.05) is 0 Å². The van der Waals surface area contributed by atoms with Gasteiger partial charge in [-0.25, -0.2) is 9.78 Å². The van der Waals surface area contributed by atoms with Gasteiger partial charge in [-0.3, -0.25) is 4.79 Å². The van der Waals surface area contributed by atoms with Gasteiger partial charge in [0.05, 0.1) is 11.3 Å². The van der Waals surface area contributed by atoms with E-state index in [0.717, 1.165) is 29.6 Å². The lowest BCUT2D eigenvalue weighted by Gasteiger charge is -2.39. The van der Waals surface area contributed by atoms with Gasteiger partial charge < -0.3 is 25.3 Å². The number of rotatable bonds is 3. The molecule has 0 radical (unpaired) electrons. The lowest BCUT2D eigenvalue weighted by molar-refractivity contribution is 0.0112. The smallest absolute Gasteiger partial charge is 0.410 e. The van der Waals surface area contributed by atoms with Gasteiger partial charge in [0.1, 0.15) is 11.2 Å². The molecule has 1 fully saturated rings. The summed E-state index contributed by atoms with van der Waals surface area (Å²) in [4.78, 5) is 33.9. The van der Waals surface area contributed by atoms with E-state index in [2.05, 4.69) is 20.6 Å². The number of pyridine rings is 1. The SMILES string of the molecule is CNC(=O)c1cnc2[nH]ccc2c1N[C@@H]1CCN(C(=O)OC(C)(C)C)[C@H](C)C1. The summed E-state index contributed by atoms with van der Waals surface area (Å²) in [6, 6.07) is 2.09. The average molecular weight is 387 g/mol. The second-order valence-electron chi connectivity index (χ2n) is 8.25. The first kappa shape index (κ1) is 20.0. The average Bonchev–Trinajstić information content (AvgIpc) is 3.09. The highest BCUT2D eigenvalue weighted by atomic mass is 16.6. The lowest BCUT2D eigenvalue weighted by atomic mass is 9.97. The molecule has 0 spiro atoms. The van der Waals surface area contributed by atoms with Crippen molar-refractivity contribution in [3.63, 3.8) is 0 Å². The summed E-state index contributed by atoms with van der Waals surface area (Å²) in [6.45, 7) is 8.24. The molecule has 2 amide bonds. The summed E-state index contributed by atoms with van der Waals surface area (Å²) in [5.74, 6) is -0.183. The second-order valence-corrected chi connectivity index (χ2v) is 8.25. The molecule has 0 bridgehead atoms. The Morgan fingerprint density at radius 2 is 2.11 bits per heavy atom. The van der Waals surface area contributed by atoms with Gasteiger partial charge in [-0.05, 0) is 46.6 Å². The number of carbonyl (C=O) groups is 2. The number of aromatic amines is 1. The third-order valence-electron chi connectivity index (χ3n) is 4.91. The number of ether oxygens (including phenoxy) is 1. The topological polar surface area (TPSA) is 99.4 Å². The fourth-order valence-corrected chi connectivity index (χ4v) is 3.57. The van der Waals surface area contributed by atoms with E-state index in [1.54, 1.807) is 18.1 Å². The Hall–Kier alpha value is -2.77. The molecule has 1 aliphatic rings. The van der Waals surface area contributed by atoms with Crippen molar-refractivity contribution >= 4 is 28.7 Å². The zero-order valence-electron chi connectivity index (χ0n) is 17.1. The second kappa shape index (κ2) is 7.69. The molecular formula is C20H29N5O3. The summed E-state index contributed by atoms with van der Waals surface area (Å²) in [5, 5.41) is 7.08. The minimum atomic E-state index is -0.509. The van der Waals surface area contributed by atoms with Crippen LogP contribution in [0.2, 0.25) is 0 Å². The van der Waals surface area contributed by atoms with E-state index < -0.39 is 5.60 Å². The number of piperidine rings is 1. The minimum absolute atomic E-state index is 0.0353. The normalized spacial score (nSPS) is 20.1. The number of anilines is 1. The van der Waals surface area contributed by atoms with Crippen molar-refractivity contribution in [3.05, 3.63) is 24.0 Å². The van der Waals surface area contributed by atoms with Gasteiger partial charge in [0.25, 0.3) is 5.91 Å². The number of fused-ring (bicyclic) bond motifs is 1. The largest absolute Gasteiger partial charge is 0.444 e. The molecule has 28 heavy (non-hydrogen) atoms. The molecule has 2 aromatic heterocycles. The molecule has 1 aliphatic heterocycles. The number of amides is 2. The van der Waals surface area contributed by atoms with E-state index in [1.165, 1.54) is 0 Å². The lowest BCUT2D eigenvalue weighted by Crippen LogP contribution is -2.49. The maximum absolute atomic E-state index is 12.4. The Morgan fingerprint density at radius 3 is 2.75 bits per heavy atom. The van der Waals surface area contributed by atoms with Crippen molar-refractivity contribution in [1.82, 2.24) is 20.2 Å². The molecule has 3 heterocycles. The highest BCUT2D eigenvalue weighted by Gasteiger charge is 2.32. The predicted molar refractivity (Wildman–Crippen MR) is 109 cm³/mol. The van der Waals surface area contributed by atoms with E-state index in [-0.39, 0.29) is 24.1 Å². The molecular weight excluding hydrogens is 358 g/mol. The Balaban J connectivity index is 1.76. The van der Waals surface area contributed by atoms with Crippen LogP contribution < -0.4 is 10.6 Å². The molecule has 3 rings (SSSR count). The van der Waals surface area contributed by atoms with Crippen LogP contribution >= 0.6 is 0 Å². The molecule has 2 aromatic rings. The third kappa shape index (κ3) is 4.21. The van der Waals surface area contributed by atoms with Gasteiger partial charge in [0, 0.05) is 43.5 Å². The number of nitrogens with one attached hydrogen (secondary N) is 3. The Labute approximate surface area is 165 Å². The van der Waals surface area contributed by atoms with Crippen LogP contribution in [0.4, 0.5) is 10.5 Å². The fraction of sp³-hybridized carbons (Fsp3) is 0.550. The Kier molecular flexibility index (Phi) is 5.49. The van der Waals surface area contributed by atoms with Crippen molar-refractivity contribution in [2.24, 2.45) is 0 Å². The number of carbonyl (C=O) groups excluding carboxylic acids is 2. The van der Waals surface area contributed by atoms with Crippen LogP contribution in [0, 0.1) is 0 Å². The highest BCUT2D eigenvalue weighted by Crippen LogP contribution is 2.29. The molecule has 3 N–H and O–H groups in total. The first-order chi connectivity index (χ1) is 13.2. The highest BCUT2D eigenvalue weighted by molar-refractivity contribution is 6.06. The van der Waals surface area contributed by atoms with Crippen LogP contribution in [0.25, 0.3) is 11.0 Å². The number of H-pyrrole nitrogens is 1. The molecule has 2 atom stereocenters. The van der Waals surface area contributed by atoms with Gasteiger partial charge in [0.2, 0.25) is 0 Å². The summed E-state index contributed by atoms with van der Waals surface area (Å²) in [7, 11) is 1.61. The third-order valence-corrected chi connectivity index (χ3v) is 4.91. The standard InChI is InChI=1S/C20H29N5O3/c1-12-10-13(7-9-25(12)19(27)28-20(2,3)4)24-16-14-6-8-22-17(14)23-11-15(16)18(26)21-5/h6,8,11-13H,7,9-10H2,1-5H3,(H,21,26)(H2,22,23,24)/t12-,13-/m1/s1. The zero-order valence-corrected chi connectivity index (χ0v) is 17.1. The molecule has 0 aliphatic carbocycles. The quantitative estimate of drug-likeness (QED) is 0.751. The van der Waals surface area contributed by atoms with E-state index in [0.29, 0.717) is 12.1 Å². The molecule has 0 aromatic carbocycles. The molecule has 1 saturated heterocycles. The van der Waals surface area contributed by atoms with Crippen LogP contribution in [0.5, 0.6) is 0 Å². The maximum atomic E-state index is 12.4. The number of hydrogen-bond acceptors (Lipinski definition) is 5. The number of nitrogens with zero attached hydrogens (tertiary/aromatic N) is 2. The Bertz CT molecular complexity index is 870. The summed E-state index contributed by atoms with van der Waals surface area (Å²) >= 11 is 0. The number of hydrogen-bond donors (Lipinski definition) is 3. The van der Waals surface area contributed by atoms with Crippen molar-refractivity contribution in [1.29, 1.82) is 0 Å². The number of aromatic nitrogens is 2. The van der Waals surface area contributed by atoms with E-state index >= 15 is 0 Å². The van der Waals surface area contributed by atoms with Gasteiger partial charge in [0.15, 0.2) is 0 Å². The van der Waals surface area contributed by atoms with E-state index in [9.17, 15) is 9.59 Å². The van der Waals surface area contributed by atoms with Gasteiger partial charge in [-0.2, -0.15) is 0 Å². The van der Waals surface area contributed by atoms with Crippen LogP contribution in [-0.2, 0) is 4.74 Å². The number of likely N-dealkylation sites (tertiary alicyclic amines) is 1. The summed E-state index contributed by atoms with van der Waals surface area (Å²) in [5.41, 5.74) is 1.50.